The quantitative estimate of drug-likeness (QED) is 0.0537. The van der Waals surface area contributed by atoms with E-state index in [0.29, 0.717) is 37.1 Å². The number of amides is 1. The zero-order chi connectivity index (χ0) is 35.9. The number of hydrogen-bond donors (Lipinski definition) is 2. The smallest absolute Gasteiger partial charge is 0.272 e. The van der Waals surface area contributed by atoms with Gasteiger partial charge in [0.1, 0.15) is 29.8 Å². The number of allylic oxidation sites excluding steroid dienone is 10. The average Bonchev–Trinajstić information content (AvgIpc) is 3.52. The molecular formula is C38H52FN6O4P. The summed E-state index contributed by atoms with van der Waals surface area (Å²) in [5.41, 5.74) is 6.96. The molecule has 0 aliphatic rings. The Hall–Kier alpha value is -4.34. The van der Waals surface area contributed by atoms with Gasteiger partial charge in [0.2, 0.25) is 5.91 Å². The zero-order valence-corrected chi connectivity index (χ0v) is 30.2. The minimum absolute atomic E-state index is 0.0477. The molecule has 2 heterocycles. The summed E-state index contributed by atoms with van der Waals surface area (Å²) in [5, 5.41) is 2.91. The van der Waals surface area contributed by atoms with E-state index in [4.69, 9.17) is 15.0 Å². The lowest BCUT2D eigenvalue weighted by molar-refractivity contribution is -0.121. The van der Waals surface area contributed by atoms with Crippen LogP contribution in [0, 0.1) is 5.82 Å². The second kappa shape index (κ2) is 23.1. The predicted octanol–water partition coefficient (Wildman–Crippen LogP) is 8.70. The third-order valence-corrected chi connectivity index (χ3v) is 9.54. The van der Waals surface area contributed by atoms with Crippen LogP contribution in [0.25, 0.3) is 11.2 Å². The number of imidazole rings is 1. The maximum absolute atomic E-state index is 13.9. The molecule has 3 rings (SSSR count). The molecule has 0 fully saturated rings. The van der Waals surface area contributed by atoms with E-state index in [2.05, 4.69) is 88.0 Å². The largest absolute Gasteiger partial charge is 0.441 e. The number of nitrogens with one attached hydrogen (secondary N) is 1. The van der Waals surface area contributed by atoms with Crippen molar-refractivity contribution in [2.24, 2.45) is 0 Å². The average molecular weight is 707 g/mol. The van der Waals surface area contributed by atoms with E-state index >= 15 is 0 Å². The van der Waals surface area contributed by atoms with E-state index in [9.17, 15) is 13.8 Å². The fourth-order valence-corrected chi connectivity index (χ4v) is 6.71. The Bertz CT molecular complexity index is 1630. The van der Waals surface area contributed by atoms with Crippen molar-refractivity contribution in [1.29, 1.82) is 0 Å². The first-order valence-electron chi connectivity index (χ1n) is 17.4. The molecule has 50 heavy (non-hydrogen) atoms. The van der Waals surface area contributed by atoms with Gasteiger partial charge in [-0.1, -0.05) is 67.7 Å². The molecule has 1 unspecified atom stereocenters. The van der Waals surface area contributed by atoms with Crippen molar-refractivity contribution >= 4 is 30.3 Å². The molecule has 3 N–H and O–H groups in total. The van der Waals surface area contributed by atoms with Crippen LogP contribution in [0.15, 0.2) is 97.7 Å². The van der Waals surface area contributed by atoms with Crippen LogP contribution < -0.4 is 15.6 Å². The van der Waals surface area contributed by atoms with Crippen LogP contribution in [0.4, 0.5) is 10.2 Å². The monoisotopic (exact) mass is 706 g/mol. The number of aromatic nitrogens is 4. The molecule has 2 atom stereocenters. The predicted molar refractivity (Wildman–Crippen MR) is 201 cm³/mol. The standard InChI is InChI=1S/C38H52FN6O4P/c1-3-4-5-6-7-8-9-10-11-12-13-14-15-16-17-18-19-21-35(46)41-26-20-27-50(47,49-34-24-22-33(39)23-25-34)31-48-32(2)28-45-30-44-36-37(40)42-29-43-38(36)45/h4-5,7-8,10-11,13-14,16-17,22-25,29-30,32H,3,6,9,12,15,18-21,26-28,31H2,1-2H3,(H,41,46)(H2,40,42,43)/b5-4-,8-7-,11-10-,14-13-,17-16-/t32-,50?/m1/s1. The highest BCUT2D eigenvalue weighted by atomic mass is 31.2. The molecule has 2 aromatic heterocycles. The van der Waals surface area contributed by atoms with E-state index in [1.54, 1.807) is 10.9 Å². The molecule has 10 nitrogen and oxygen atoms in total. The number of nitrogens with zero attached hydrogens (tertiary/aromatic N) is 4. The zero-order valence-electron chi connectivity index (χ0n) is 29.3. The van der Waals surface area contributed by atoms with Crippen molar-refractivity contribution in [1.82, 2.24) is 24.8 Å². The highest BCUT2D eigenvalue weighted by Gasteiger charge is 2.26. The normalized spacial score (nSPS) is 14.1. The van der Waals surface area contributed by atoms with Gasteiger partial charge in [-0.15, -0.1) is 0 Å². The summed E-state index contributed by atoms with van der Waals surface area (Å²) in [6.07, 6.45) is 31.5. The van der Waals surface area contributed by atoms with Gasteiger partial charge in [0.25, 0.3) is 7.37 Å². The molecule has 0 aliphatic heterocycles. The molecule has 0 saturated carbocycles. The number of nitrogen functional groups attached to an aromatic ring is 1. The summed E-state index contributed by atoms with van der Waals surface area (Å²) in [7, 11) is -3.36. The molecule has 3 aromatic rings. The number of fused-ring (bicyclic) bond motifs is 1. The third-order valence-electron chi connectivity index (χ3n) is 7.45. The number of nitrogens with two attached hydrogens (primary N) is 1. The first-order chi connectivity index (χ1) is 24.3. The Balaban J connectivity index is 1.33. The minimum atomic E-state index is -3.36. The summed E-state index contributed by atoms with van der Waals surface area (Å²) in [6.45, 7) is 4.73. The van der Waals surface area contributed by atoms with Gasteiger partial charge in [-0.2, -0.15) is 0 Å². The van der Waals surface area contributed by atoms with Crippen molar-refractivity contribution in [3.8, 4) is 5.75 Å². The van der Waals surface area contributed by atoms with Crippen LogP contribution in [0.5, 0.6) is 5.75 Å². The van der Waals surface area contributed by atoms with E-state index in [1.165, 1.54) is 30.6 Å². The third kappa shape index (κ3) is 15.9. The van der Waals surface area contributed by atoms with E-state index in [1.807, 2.05) is 6.92 Å². The Morgan fingerprint density at radius 1 is 0.940 bits per heavy atom. The van der Waals surface area contributed by atoms with Crippen LogP contribution >= 0.6 is 7.37 Å². The van der Waals surface area contributed by atoms with Gasteiger partial charge in [0, 0.05) is 19.1 Å². The number of anilines is 1. The SMILES string of the molecule is CC/C=C\C/C=C\C/C=C\C/C=C\C/C=C\CCCC(=O)NCCCP(=O)(CO[C@H](C)Cn1cnc2c(N)ncnc21)Oc1ccc(F)cc1. The van der Waals surface area contributed by atoms with E-state index in [-0.39, 0.29) is 36.1 Å². The first-order valence-corrected chi connectivity index (χ1v) is 19.4. The Morgan fingerprint density at radius 2 is 1.58 bits per heavy atom. The molecule has 0 aliphatic carbocycles. The van der Waals surface area contributed by atoms with Gasteiger partial charge in [-0.3, -0.25) is 9.36 Å². The maximum Gasteiger partial charge on any atom is 0.272 e. The highest BCUT2D eigenvalue weighted by Crippen LogP contribution is 2.48. The highest BCUT2D eigenvalue weighted by molar-refractivity contribution is 7.59. The molecule has 0 saturated heterocycles. The van der Waals surface area contributed by atoms with Gasteiger partial charge in [-0.05, 0) is 82.6 Å². The number of carbonyl (C=O) groups is 1. The number of hydrogen-bond acceptors (Lipinski definition) is 8. The van der Waals surface area contributed by atoms with Gasteiger partial charge in [-0.25, -0.2) is 19.3 Å². The van der Waals surface area contributed by atoms with E-state index < -0.39 is 13.2 Å². The molecule has 12 heteroatoms. The fraction of sp³-hybridized carbons (Fsp3) is 0.421. The van der Waals surface area contributed by atoms with Crippen LogP contribution in [0.3, 0.4) is 0 Å². The van der Waals surface area contributed by atoms with Gasteiger partial charge < -0.3 is 24.9 Å². The van der Waals surface area contributed by atoms with Crippen LogP contribution in [0.1, 0.15) is 71.6 Å². The second-order valence-electron chi connectivity index (χ2n) is 11.8. The lowest BCUT2D eigenvalue weighted by Gasteiger charge is -2.22. The Labute approximate surface area is 295 Å². The first kappa shape index (κ1) is 40.1. The van der Waals surface area contributed by atoms with Gasteiger partial charge >= 0.3 is 0 Å². The lowest BCUT2D eigenvalue weighted by Crippen LogP contribution is -2.25. The van der Waals surface area contributed by atoms with Crippen LogP contribution in [0.2, 0.25) is 0 Å². The molecular weight excluding hydrogens is 654 g/mol. The molecule has 0 radical (unpaired) electrons. The lowest BCUT2D eigenvalue weighted by atomic mass is 10.2. The Kier molecular flexibility index (Phi) is 18.6. The molecule has 270 valence electrons. The number of unbranched alkanes of at least 4 members (excludes halogenated alkanes) is 1. The summed E-state index contributed by atoms with van der Waals surface area (Å²) < 4.78 is 41.0. The summed E-state index contributed by atoms with van der Waals surface area (Å²) in [4.78, 5) is 24.9. The molecule has 1 aromatic carbocycles. The van der Waals surface area contributed by atoms with Crippen molar-refractivity contribution in [2.45, 2.75) is 84.3 Å². The summed E-state index contributed by atoms with van der Waals surface area (Å²) in [6, 6.07) is 5.37. The summed E-state index contributed by atoms with van der Waals surface area (Å²) in [5.74, 6) is 0.112. The van der Waals surface area contributed by atoms with Crippen LogP contribution in [-0.4, -0.2) is 50.6 Å². The number of ether oxygens (including phenoxy) is 1. The number of benzene rings is 1. The fourth-order valence-electron chi connectivity index (χ4n) is 4.81. The summed E-state index contributed by atoms with van der Waals surface area (Å²) >= 11 is 0. The van der Waals surface area contributed by atoms with Crippen molar-refractivity contribution in [2.75, 3.05) is 24.8 Å². The number of rotatable bonds is 24. The van der Waals surface area contributed by atoms with Crippen LogP contribution in [-0.2, 0) is 20.6 Å². The minimum Gasteiger partial charge on any atom is -0.441 e. The van der Waals surface area contributed by atoms with Crippen molar-refractivity contribution in [3.63, 3.8) is 0 Å². The van der Waals surface area contributed by atoms with Gasteiger partial charge in [0.05, 0.1) is 19.0 Å². The number of carbonyl (C=O) groups excluding carboxylic acids is 1. The molecule has 0 bridgehead atoms. The van der Waals surface area contributed by atoms with Gasteiger partial charge in [0.15, 0.2) is 11.5 Å². The Morgan fingerprint density at radius 3 is 2.24 bits per heavy atom. The van der Waals surface area contributed by atoms with E-state index in [0.717, 1.165) is 44.9 Å². The topological polar surface area (TPSA) is 134 Å². The van der Waals surface area contributed by atoms with Crippen molar-refractivity contribution in [3.05, 3.63) is 103 Å². The molecule has 0 spiro atoms. The van der Waals surface area contributed by atoms with Crippen molar-refractivity contribution < 1.29 is 23.0 Å². The second-order valence-corrected chi connectivity index (χ2v) is 14.3. The number of halogens is 1. The maximum atomic E-state index is 13.9. The molecule has 1 amide bonds.